The Kier molecular flexibility index (Phi) is 3.37. The smallest absolute Gasteiger partial charge is 0.322 e. The molecule has 6 heteroatoms. The van der Waals surface area contributed by atoms with Crippen molar-refractivity contribution in [2.45, 2.75) is 18.8 Å². The average Bonchev–Trinajstić information content (AvgIpc) is 2.80. The standard InChI is InChI=1S/C15H16N2O4/c18-12-5-4-9-7-17(8-13(19)16-6-14(20)21)11-3-1-2-10(12)15(9)11/h1-3,9H,4-8H2,(H,16,19)(H,20,21). The molecule has 1 aromatic carbocycles. The minimum absolute atomic E-state index is 0.119. The molecule has 0 spiro atoms. The van der Waals surface area contributed by atoms with E-state index in [4.69, 9.17) is 5.11 Å². The first-order valence-corrected chi connectivity index (χ1v) is 6.96. The number of amides is 1. The maximum Gasteiger partial charge on any atom is 0.322 e. The van der Waals surface area contributed by atoms with Crippen LogP contribution in [0.1, 0.15) is 34.7 Å². The Hall–Kier alpha value is -2.37. The normalized spacial score (nSPS) is 19.3. The number of hydrogen-bond donors (Lipinski definition) is 2. The van der Waals surface area contributed by atoms with Gasteiger partial charge in [0.1, 0.15) is 6.54 Å². The van der Waals surface area contributed by atoms with Crippen LogP contribution >= 0.6 is 0 Å². The Morgan fingerprint density at radius 3 is 2.95 bits per heavy atom. The van der Waals surface area contributed by atoms with Crippen molar-refractivity contribution in [3.63, 3.8) is 0 Å². The van der Waals surface area contributed by atoms with E-state index in [1.807, 2.05) is 23.1 Å². The van der Waals surface area contributed by atoms with Gasteiger partial charge in [-0.25, -0.2) is 0 Å². The zero-order valence-corrected chi connectivity index (χ0v) is 11.5. The first kappa shape index (κ1) is 13.6. The van der Waals surface area contributed by atoms with Gasteiger partial charge < -0.3 is 15.3 Å². The summed E-state index contributed by atoms with van der Waals surface area (Å²) in [5.74, 6) is -0.921. The summed E-state index contributed by atoms with van der Waals surface area (Å²) < 4.78 is 0. The van der Waals surface area contributed by atoms with Gasteiger partial charge in [-0.15, -0.1) is 0 Å². The third kappa shape index (κ3) is 2.49. The second-order valence-electron chi connectivity index (χ2n) is 5.45. The lowest BCUT2D eigenvalue weighted by Gasteiger charge is -2.18. The Bertz CT molecular complexity index is 626. The summed E-state index contributed by atoms with van der Waals surface area (Å²) in [4.78, 5) is 36.1. The van der Waals surface area contributed by atoms with Gasteiger partial charge in [-0.05, 0) is 18.1 Å². The van der Waals surface area contributed by atoms with Crippen molar-refractivity contribution in [2.24, 2.45) is 0 Å². The summed E-state index contributed by atoms with van der Waals surface area (Å²) in [6.45, 7) is 0.454. The molecular weight excluding hydrogens is 272 g/mol. The highest BCUT2D eigenvalue weighted by Gasteiger charge is 2.36. The number of Topliss-reactive ketones (excluding diaryl/α,β-unsaturated/α-hetero) is 1. The van der Waals surface area contributed by atoms with Crippen molar-refractivity contribution in [3.8, 4) is 0 Å². The molecule has 1 amide bonds. The molecule has 0 bridgehead atoms. The fourth-order valence-electron chi connectivity index (χ4n) is 3.19. The number of carbonyl (C=O) groups is 3. The van der Waals surface area contributed by atoms with Crippen molar-refractivity contribution in [1.82, 2.24) is 5.32 Å². The first-order chi connectivity index (χ1) is 10.1. The lowest BCUT2D eigenvalue weighted by molar-refractivity contribution is -0.137. The van der Waals surface area contributed by atoms with Crippen LogP contribution in [0.5, 0.6) is 0 Å². The van der Waals surface area contributed by atoms with E-state index < -0.39 is 5.97 Å². The molecule has 110 valence electrons. The van der Waals surface area contributed by atoms with Gasteiger partial charge in [0.15, 0.2) is 5.78 Å². The topological polar surface area (TPSA) is 86.7 Å². The maximum absolute atomic E-state index is 12.0. The predicted octanol–water partition coefficient (Wildman–Crippen LogP) is 0.768. The van der Waals surface area contributed by atoms with Crippen LogP contribution in [0.2, 0.25) is 0 Å². The lowest BCUT2D eigenvalue weighted by Crippen LogP contribution is -2.38. The van der Waals surface area contributed by atoms with Crippen LogP contribution in [0.4, 0.5) is 5.69 Å². The van der Waals surface area contributed by atoms with E-state index in [1.165, 1.54) is 0 Å². The van der Waals surface area contributed by atoms with Crippen molar-refractivity contribution in [1.29, 1.82) is 0 Å². The molecule has 2 N–H and O–H groups in total. The third-order valence-electron chi connectivity index (χ3n) is 4.06. The van der Waals surface area contributed by atoms with Crippen LogP contribution in [0.15, 0.2) is 18.2 Å². The van der Waals surface area contributed by atoms with E-state index in [1.54, 1.807) is 0 Å². The SMILES string of the molecule is O=C(O)CNC(=O)CN1CC2CCC(=O)c3cccc1c32. The second kappa shape index (κ2) is 5.20. The number of benzene rings is 1. The van der Waals surface area contributed by atoms with Gasteiger partial charge in [0.05, 0.1) is 6.54 Å². The number of rotatable bonds is 4. The Balaban J connectivity index is 1.78. The molecule has 3 rings (SSSR count). The van der Waals surface area contributed by atoms with E-state index in [9.17, 15) is 14.4 Å². The van der Waals surface area contributed by atoms with Gasteiger partial charge in [-0.1, -0.05) is 12.1 Å². The van der Waals surface area contributed by atoms with Crippen LogP contribution in [-0.2, 0) is 9.59 Å². The molecule has 1 atom stereocenters. The molecule has 21 heavy (non-hydrogen) atoms. The molecule has 0 aromatic heterocycles. The predicted molar refractivity (Wildman–Crippen MR) is 75.6 cm³/mol. The van der Waals surface area contributed by atoms with E-state index in [-0.39, 0.29) is 24.8 Å². The highest BCUT2D eigenvalue weighted by Crippen LogP contribution is 2.44. The molecule has 1 aliphatic heterocycles. The van der Waals surface area contributed by atoms with Crippen molar-refractivity contribution in [3.05, 3.63) is 29.3 Å². The number of aliphatic carboxylic acids is 1. The van der Waals surface area contributed by atoms with Crippen molar-refractivity contribution >= 4 is 23.3 Å². The van der Waals surface area contributed by atoms with Crippen LogP contribution in [0.25, 0.3) is 0 Å². The number of carbonyl (C=O) groups excluding carboxylic acids is 2. The van der Waals surface area contributed by atoms with Crippen LogP contribution in [0, 0.1) is 0 Å². The molecule has 1 aliphatic carbocycles. The van der Waals surface area contributed by atoms with E-state index in [0.29, 0.717) is 18.9 Å². The van der Waals surface area contributed by atoms with Gasteiger partial charge in [0.2, 0.25) is 5.91 Å². The Labute approximate surface area is 121 Å². The molecule has 0 saturated heterocycles. The van der Waals surface area contributed by atoms with Gasteiger partial charge in [-0.2, -0.15) is 0 Å². The monoisotopic (exact) mass is 288 g/mol. The number of ketones is 1. The van der Waals surface area contributed by atoms with Gasteiger partial charge in [0.25, 0.3) is 0 Å². The zero-order valence-electron chi connectivity index (χ0n) is 11.5. The van der Waals surface area contributed by atoms with Crippen LogP contribution < -0.4 is 10.2 Å². The maximum atomic E-state index is 12.0. The molecule has 2 aliphatic rings. The van der Waals surface area contributed by atoms with E-state index in [2.05, 4.69) is 5.32 Å². The molecule has 0 saturated carbocycles. The zero-order chi connectivity index (χ0) is 15.0. The number of carboxylic acid groups (broad SMARTS) is 1. The minimum atomic E-state index is -1.06. The Morgan fingerprint density at radius 2 is 2.19 bits per heavy atom. The lowest BCUT2D eigenvalue weighted by atomic mass is 9.83. The molecule has 6 nitrogen and oxygen atoms in total. The summed E-state index contributed by atoms with van der Waals surface area (Å²) in [6, 6.07) is 5.60. The van der Waals surface area contributed by atoms with Gasteiger partial charge in [-0.3, -0.25) is 14.4 Å². The van der Waals surface area contributed by atoms with Crippen LogP contribution in [0.3, 0.4) is 0 Å². The highest BCUT2D eigenvalue weighted by molar-refractivity contribution is 6.01. The summed E-state index contributed by atoms with van der Waals surface area (Å²) in [5, 5.41) is 10.9. The van der Waals surface area contributed by atoms with Gasteiger partial charge in [0, 0.05) is 30.1 Å². The van der Waals surface area contributed by atoms with Crippen LogP contribution in [-0.4, -0.2) is 42.4 Å². The number of carboxylic acids is 1. The number of nitrogens with one attached hydrogen (secondary N) is 1. The second-order valence-corrected chi connectivity index (χ2v) is 5.45. The fourth-order valence-corrected chi connectivity index (χ4v) is 3.19. The molecular formula is C15H16N2O4. The number of anilines is 1. The molecule has 0 radical (unpaired) electrons. The molecule has 0 fully saturated rings. The Morgan fingerprint density at radius 1 is 1.38 bits per heavy atom. The average molecular weight is 288 g/mol. The number of hydrogen-bond acceptors (Lipinski definition) is 4. The summed E-state index contributed by atoms with van der Waals surface area (Å²) in [5.41, 5.74) is 2.76. The van der Waals surface area contributed by atoms with E-state index >= 15 is 0 Å². The fraction of sp³-hybridized carbons (Fsp3) is 0.400. The minimum Gasteiger partial charge on any atom is -0.480 e. The van der Waals surface area contributed by atoms with Crippen molar-refractivity contribution < 1.29 is 19.5 Å². The summed E-state index contributed by atoms with van der Waals surface area (Å²) in [7, 11) is 0. The summed E-state index contributed by atoms with van der Waals surface area (Å²) in [6.07, 6.45) is 1.37. The largest absolute Gasteiger partial charge is 0.480 e. The molecule has 1 unspecified atom stereocenters. The van der Waals surface area contributed by atoms with E-state index in [0.717, 1.165) is 23.2 Å². The number of nitrogens with zero attached hydrogens (tertiary/aromatic N) is 1. The quantitative estimate of drug-likeness (QED) is 0.854. The highest BCUT2D eigenvalue weighted by atomic mass is 16.4. The molecule has 1 heterocycles. The third-order valence-corrected chi connectivity index (χ3v) is 4.06. The van der Waals surface area contributed by atoms with Gasteiger partial charge >= 0.3 is 5.97 Å². The summed E-state index contributed by atoms with van der Waals surface area (Å²) >= 11 is 0. The molecule has 1 aromatic rings. The first-order valence-electron chi connectivity index (χ1n) is 6.96. The van der Waals surface area contributed by atoms with Crippen molar-refractivity contribution in [2.75, 3.05) is 24.5 Å².